The van der Waals surface area contributed by atoms with E-state index in [2.05, 4.69) is 5.32 Å². The van der Waals surface area contributed by atoms with Crippen LogP contribution in [0.3, 0.4) is 0 Å². The Labute approximate surface area is 209 Å². The molecule has 9 nitrogen and oxygen atoms in total. The maximum absolute atomic E-state index is 13.6. The monoisotopic (exact) mass is 499 g/mol. The average molecular weight is 500 g/mol. The molecule has 4 rings (SSSR count). The second-order valence-electron chi connectivity index (χ2n) is 8.76. The zero-order valence-corrected chi connectivity index (χ0v) is 20.4. The summed E-state index contributed by atoms with van der Waals surface area (Å²) < 4.78 is 29.8. The number of ether oxygens (including phenoxy) is 3. The highest BCUT2D eigenvalue weighted by atomic mass is 19.1. The predicted octanol–water partition coefficient (Wildman–Crippen LogP) is 2.07. The molecule has 1 atom stereocenters. The van der Waals surface area contributed by atoms with Crippen LogP contribution in [0, 0.1) is 5.82 Å². The van der Waals surface area contributed by atoms with Crippen LogP contribution >= 0.6 is 0 Å². The molecule has 10 heteroatoms. The predicted molar refractivity (Wildman–Crippen MR) is 128 cm³/mol. The summed E-state index contributed by atoms with van der Waals surface area (Å²) >= 11 is 0. The zero-order chi connectivity index (χ0) is 25.7. The molecule has 0 aliphatic carbocycles. The number of likely N-dealkylation sites (tertiary alicyclic amines) is 1. The van der Waals surface area contributed by atoms with Crippen molar-refractivity contribution in [2.75, 3.05) is 47.1 Å². The Morgan fingerprint density at radius 2 is 1.61 bits per heavy atom. The fraction of sp³-hybridized carbons (Fsp3) is 0.423. The van der Waals surface area contributed by atoms with Gasteiger partial charge in [0.1, 0.15) is 23.3 Å². The molecule has 1 spiro atoms. The molecule has 2 aliphatic rings. The van der Waals surface area contributed by atoms with E-state index in [1.807, 2.05) is 0 Å². The van der Waals surface area contributed by atoms with Crippen molar-refractivity contribution < 1.29 is 33.0 Å². The van der Waals surface area contributed by atoms with Crippen LogP contribution in [0.25, 0.3) is 0 Å². The Hall–Kier alpha value is -3.50. The van der Waals surface area contributed by atoms with Crippen molar-refractivity contribution in [3.05, 3.63) is 65.5 Å². The van der Waals surface area contributed by atoms with Gasteiger partial charge in [0.15, 0.2) is 0 Å². The lowest BCUT2D eigenvalue weighted by atomic mass is 9.96. The van der Waals surface area contributed by atoms with Crippen LogP contribution in [0.4, 0.5) is 4.39 Å². The summed E-state index contributed by atoms with van der Waals surface area (Å²) in [6.45, 7) is 1.34. The van der Waals surface area contributed by atoms with E-state index in [-0.39, 0.29) is 24.0 Å². The van der Waals surface area contributed by atoms with Gasteiger partial charge < -0.3 is 24.4 Å². The van der Waals surface area contributed by atoms with E-state index in [4.69, 9.17) is 14.2 Å². The molecule has 1 N–H and O–H groups in total. The van der Waals surface area contributed by atoms with Gasteiger partial charge in [-0.25, -0.2) is 4.39 Å². The highest BCUT2D eigenvalue weighted by Gasteiger charge is 2.54. The third-order valence-electron chi connectivity index (χ3n) is 6.65. The van der Waals surface area contributed by atoms with Crippen LogP contribution in [-0.2, 0) is 14.3 Å². The van der Waals surface area contributed by atoms with Crippen LogP contribution in [0.15, 0.2) is 48.5 Å². The van der Waals surface area contributed by atoms with Crippen molar-refractivity contribution in [1.29, 1.82) is 0 Å². The first-order valence-corrected chi connectivity index (χ1v) is 11.8. The third-order valence-corrected chi connectivity index (χ3v) is 6.65. The van der Waals surface area contributed by atoms with Crippen molar-refractivity contribution in [2.45, 2.75) is 24.6 Å². The molecule has 2 saturated heterocycles. The van der Waals surface area contributed by atoms with Crippen molar-refractivity contribution >= 4 is 17.7 Å². The fourth-order valence-electron chi connectivity index (χ4n) is 4.67. The lowest BCUT2D eigenvalue weighted by Crippen LogP contribution is -2.60. The van der Waals surface area contributed by atoms with Gasteiger partial charge in [-0.15, -0.1) is 0 Å². The van der Waals surface area contributed by atoms with Gasteiger partial charge in [0.25, 0.3) is 11.8 Å². The molecule has 2 fully saturated rings. The van der Waals surface area contributed by atoms with E-state index in [1.54, 1.807) is 36.3 Å². The number of benzene rings is 2. The van der Waals surface area contributed by atoms with Crippen molar-refractivity contribution in [3.63, 3.8) is 0 Å². The first kappa shape index (κ1) is 25.6. The molecule has 36 heavy (non-hydrogen) atoms. The number of hydrogen-bond donors (Lipinski definition) is 1. The number of nitrogens with zero attached hydrogens (tertiary/aromatic N) is 2. The van der Waals surface area contributed by atoms with Gasteiger partial charge >= 0.3 is 0 Å². The van der Waals surface area contributed by atoms with Gasteiger partial charge in [0.2, 0.25) is 5.91 Å². The number of nitrogens with one attached hydrogen (secondary N) is 1. The van der Waals surface area contributed by atoms with Crippen LogP contribution < -0.4 is 10.1 Å². The maximum atomic E-state index is 13.6. The number of carbonyl (C=O) groups is 3. The van der Waals surface area contributed by atoms with Crippen LogP contribution in [0.1, 0.15) is 33.6 Å². The Balaban J connectivity index is 1.53. The summed E-state index contributed by atoms with van der Waals surface area (Å²) in [4.78, 5) is 42.8. The molecule has 2 aromatic carbocycles. The topological polar surface area (TPSA) is 97.4 Å². The molecule has 3 amide bonds. The Bertz CT molecular complexity index is 1080. The van der Waals surface area contributed by atoms with Crippen LogP contribution in [-0.4, -0.2) is 86.4 Å². The summed E-state index contributed by atoms with van der Waals surface area (Å²) in [6, 6.07) is 11.2. The van der Waals surface area contributed by atoms with Gasteiger partial charge in [0, 0.05) is 50.7 Å². The average Bonchev–Trinajstić information content (AvgIpc) is 3.27. The molecule has 0 unspecified atom stereocenters. The SMILES string of the molecule is COCCNC(=O)[C@H]1COC2(CCN(C(=O)c3ccc(OC)cc3)CC2)N1C(=O)c1ccc(F)cc1. The first-order chi connectivity index (χ1) is 17.4. The highest BCUT2D eigenvalue weighted by molar-refractivity contribution is 5.98. The Morgan fingerprint density at radius 3 is 2.22 bits per heavy atom. The van der Waals surface area contributed by atoms with E-state index in [0.29, 0.717) is 50.4 Å². The normalized spacial score (nSPS) is 18.8. The molecule has 2 heterocycles. The van der Waals surface area contributed by atoms with Crippen molar-refractivity contribution in [1.82, 2.24) is 15.1 Å². The molecule has 0 radical (unpaired) electrons. The summed E-state index contributed by atoms with van der Waals surface area (Å²) in [5.74, 6) is -0.701. The minimum atomic E-state index is -1.05. The number of carbonyl (C=O) groups excluding carboxylic acids is 3. The summed E-state index contributed by atoms with van der Waals surface area (Å²) in [7, 11) is 3.10. The molecule has 192 valence electrons. The lowest BCUT2D eigenvalue weighted by Gasteiger charge is -2.44. The number of halogens is 1. The number of amides is 3. The van der Waals surface area contributed by atoms with E-state index in [0.717, 1.165) is 0 Å². The number of methoxy groups -OCH3 is 2. The highest BCUT2D eigenvalue weighted by Crippen LogP contribution is 2.39. The fourth-order valence-corrected chi connectivity index (χ4v) is 4.67. The van der Waals surface area contributed by atoms with Crippen LogP contribution in [0.5, 0.6) is 5.75 Å². The second kappa shape index (κ2) is 11.0. The summed E-state index contributed by atoms with van der Waals surface area (Å²) in [6.07, 6.45) is 0.674. The molecule has 0 aromatic heterocycles. The van der Waals surface area contributed by atoms with Crippen molar-refractivity contribution in [3.8, 4) is 5.75 Å². The number of rotatable bonds is 7. The number of piperidine rings is 1. The van der Waals surface area contributed by atoms with E-state index >= 15 is 0 Å². The minimum Gasteiger partial charge on any atom is -0.497 e. The van der Waals surface area contributed by atoms with Crippen LogP contribution in [0.2, 0.25) is 0 Å². The first-order valence-electron chi connectivity index (χ1n) is 11.8. The Kier molecular flexibility index (Phi) is 7.85. The quantitative estimate of drug-likeness (QED) is 0.586. The molecule has 2 aliphatic heterocycles. The maximum Gasteiger partial charge on any atom is 0.256 e. The number of hydrogen-bond acceptors (Lipinski definition) is 6. The Morgan fingerprint density at radius 1 is 1.00 bits per heavy atom. The zero-order valence-electron chi connectivity index (χ0n) is 20.4. The molecule has 0 bridgehead atoms. The standard InChI is InChI=1S/C26H30FN3O6/c1-34-16-13-28-23(31)22-17-36-26(30(22)25(33)19-3-7-20(27)8-4-19)11-14-29(15-12-26)24(32)18-5-9-21(35-2)10-6-18/h3-10,22H,11-17H2,1-2H3,(H,28,31)/t22-/m1/s1. The van der Waals surface area contributed by atoms with Crippen molar-refractivity contribution in [2.24, 2.45) is 0 Å². The third kappa shape index (κ3) is 5.19. The second-order valence-corrected chi connectivity index (χ2v) is 8.76. The smallest absolute Gasteiger partial charge is 0.256 e. The largest absolute Gasteiger partial charge is 0.497 e. The van der Waals surface area contributed by atoms with Gasteiger partial charge in [-0.05, 0) is 48.5 Å². The minimum absolute atomic E-state index is 0.0260. The van der Waals surface area contributed by atoms with Gasteiger partial charge in [-0.2, -0.15) is 0 Å². The molecule has 0 saturated carbocycles. The lowest BCUT2D eigenvalue weighted by molar-refractivity contribution is -0.128. The van der Waals surface area contributed by atoms with Gasteiger partial charge in [-0.3, -0.25) is 19.3 Å². The summed E-state index contributed by atoms with van der Waals surface area (Å²) in [5.41, 5.74) is -0.257. The van der Waals surface area contributed by atoms with Gasteiger partial charge in [0.05, 0.1) is 20.3 Å². The molecular formula is C26H30FN3O6. The van der Waals surface area contributed by atoms with Gasteiger partial charge in [-0.1, -0.05) is 0 Å². The van der Waals surface area contributed by atoms with E-state index in [1.165, 1.54) is 36.3 Å². The van der Waals surface area contributed by atoms with E-state index < -0.39 is 23.5 Å². The summed E-state index contributed by atoms with van der Waals surface area (Å²) in [5, 5.41) is 2.78. The molecular weight excluding hydrogens is 469 g/mol. The van der Waals surface area contributed by atoms with E-state index in [9.17, 15) is 18.8 Å². The molecule has 2 aromatic rings.